The summed E-state index contributed by atoms with van der Waals surface area (Å²) in [5.41, 5.74) is 5.60. The van der Waals surface area contributed by atoms with Crippen LogP contribution in [0.3, 0.4) is 0 Å². The van der Waals surface area contributed by atoms with Gasteiger partial charge in [0.15, 0.2) is 5.58 Å². The van der Waals surface area contributed by atoms with E-state index in [2.05, 4.69) is 34.4 Å². The van der Waals surface area contributed by atoms with Gasteiger partial charge in [-0.05, 0) is 93.4 Å². The van der Waals surface area contributed by atoms with E-state index in [-0.39, 0.29) is 11.6 Å². The van der Waals surface area contributed by atoms with Crippen LogP contribution < -0.4 is 10.1 Å². The fourth-order valence-electron chi connectivity index (χ4n) is 5.91. The summed E-state index contributed by atoms with van der Waals surface area (Å²) in [5.74, 6) is 1.22. The first-order chi connectivity index (χ1) is 19.4. The maximum absolute atomic E-state index is 13.8. The van der Waals surface area contributed by atoms with Gasteiger partial charge in [0.25, 0.3) is 5.91 Å². The van der Waals surface area contributed by atoms with Crippen molar-refractivity contribution in [2.75, 3.05) is 13.6 Å². The summed E-state index contributed by atoms with van der Waals surface area (Å²) in [6, 6.07) is 22.2. The number of ether oxygens (including phenoxy) is 1. The highest BCUT2D eigenvalue weighted by molar-refractivity contribution is 6.11. The molecule has 1 N–H and O–H groups in total. The van der Waals surface area contributed by atoms with E-state index >= 15 is 0 Å². The van der Waals surface area contributed by atoms with Gasteiger partial charge in [0.2, 0.25) is 5.89 Å². The summed E-state index contributed by atoms with van der Waals surface area (Å²) in [7, 11) is 3.07. The maximum Gasteiger partial charge on any atom is 0.252 e. The number of fused-ring (bicyclic) bond motifs is 2. The number of hydrogen-bond donors (Lipinski definition) is 1. The minimum absolute atomic E-state index is 0.0876. The van der Waals surface area contributed by atoms with Crippen LogP contribution in [0.25, 0.3) is 33.5 Å². The lowest BCUT2D eigenvalue weighted by atomic mass is 9.95. The number of likely N-dealkylation sites (tertiary alicyclic amines) is 1. The molecule has 0 radical (unpaired) electrons. The van der Waals surface area contributed by atoms with E-state index in [1.54, 1.807) is 6.20 Å². The van der Waals surface area contributed by atoms with Gasteiger partial charge in [-0.3, -0.25) is 9.78 Å². The Morgan fingerprint density at radius 1 is 1.12 bits per heavy atom. The van der Waals surface area contributed by atoms with Crippen LogP contribution in [0, 0.1) is 6.92 Å². The lowest BCUT2D eigenvalue weighted by Gasteiger charge is -2.41. The Balaban J connectivity index is 1.21. The number of nitrogens with one attached hydrogen (secondary N) is 1. The number of hydrogen-bond acceptors (Lipinski definition) is 6. The van der Waals surface area contributed by atoms with Crippen molar-refractivity contribution in [3.8, 4) is 17.2 Å². The topological polar surface area (TPSA) is 80.5 Å². The number of aryl methyl sites for hydroxylation is 1. The van der Waals surface area contributed by atoms with Gasteiger partial charge in [-0.25, -0.2) is 4.98 Å². The van der Waals surface area contributed by atoms with E-state index < -0.39 is 5.54 Å². The molecule has 7 rings (SSSR count). The van der Waals surface area contributed by atoms with Crippen molar-refractivity contribution in [1.29, 1.82) is 0 Å². The number of para-hydroxylation sites is 2. The largest absolute Gasteiger partial charge is 0.494 e. The Labute approximate surface area is 236 Å². The summed E-state index contributed by atoms with van der Waals surface area (Å²) in [5, 5.41) is 4.42. The number of aromatic nitrogens is 2. The molecule has 2 aliphatic rings. The predicted octanol–water partition coefficient (Wildman–Crippen LogP) is 4.54. The van der Waals surface area contributed by atoms with Gasteiger partial charge >= 0.3 is 0 Å². The molecule has 1 aliphatic heterocycles. The molecule has 7 nitrogen and oxygen atoms in total. The molecule has 0 spiro atoms. The average Bonchev–Trinajstić information content (AvgIpc) is 3.59. The van der Waals surface area contributed by atoms with Crippen molar-refractivity contribution in [2.24, 2.45) is 0 Å². The van der Waals surface area contributed by atoms with Crippen molar-refractivity contribution in [1.82, 2.24) is 20.2 Å². The molecular weight excluding hydrogens is 516 g/mol. The molecule has 2 aromatic heterocycles. The zero-order valence-electron chi connectivity index (χ0n) is 23.0. The normalized spacial score (nSPS) is 18.9. The second kappa shape index (κ2) is 9.57. The van der Waals surface area contributed by atoms with Crippen LogP contribution in [0.4, 0.5) is 0 Å². The van der Waals surface area contributed by atoms with Crippen LogP contribution in [0.15, 0.2) is 77.3 Å². The molecular formula is C32H32N4O3Si. The van der Waals surface area contributed by atoms with Crippen molar-refractivity contribution >= 4 is 38.2 Å². The lowest BCUT2D eigenvalue weighted by Crippen LogP contribution is -2.53. The number of nitrogens with zero attached hydrogens (tertiary/aromatic N) is 3. The Morgan fingerprint density at radius 2 is 1.98 bits per heavy atom. The Morgan fingerprint density at radius 3 is 2.73 bits per heavy atom. The average molecular weight is 549 g/mol. The smallest absolute Gasteiger partial charge is 0.252 e. The number of likely N-dealkylation sites (N-methyl/N-ethyl adjacent to an activating group) is 1. The van der Waals surface area contributed by atoms with Crippen LogP contribution in [-0.4, -0.2) is 56.4 Å². The molecule has 2 atom stereocenters. The predicted molar refractivity (Wildman–Crippen MR) is 160 cm³/mol. The molecule has 0 unspecified atom stereocenters. The maximum atomic E-state index is 13.8. The first-order valence-electron chi connectivity index (χ1n) is 14.0. The van der Waals surface area contributed by atoms with Gasteiger partial charge in [-0.2, -0.15) is 0 Å². The summed E-state index contributed by atoms with van der Waals surface area (Å²) < 4.78 is 12.4. The minimum Gasteiger partial charge on any atom is -0.494 e. The van der Waals surface area contributed by atoms with Crippen LogP contribution in [-0.2, 0) is 5.54 Å². The highest BCUT2D eigenvalue weighted by Crippen LogP contribution is 2.49. The van der Waals surface area contributed by atoms with E-state index in [0.29, 0.717) is 17.5 Å². The molecule has 8 heteroatoms. The van der Waals surface area contributed by atoms with Gasteiger partial charge < -0.3 is 19.4 Å². The molecule has 0 bridgehead atoms. The zero-order chi connectivity index (χ0) is 27.4. The third-order valence-electron chi connectivity index (χ3n) is 8.54. The van der Waals surface area contributed by atoms with Crippen LogP contribution >= 0.6 is 0 Å². The summed E-state index contributed by atoms with van der Waals surface area (Å²) in [4.78, 5) is 25.5. The molecule has 1 saturated heterocycles. The second-order valence-corrected chi connectivity index (χ2v) is 12.4. The number of rotatable bonds is 7. The molecule has 3 aromatic carbocycles. The number of oxazole rings is 1. The molecule has 202 valence electrons. The van der Waals surface area contributed by atoms with Crippen LogP contribution in [0.2, 0.25) is 0 Å². The third kappa shape index (κ3) is 4.37. The highest BCUT2D eigenvalue weighted by atomic mass is 28.1. The monoisotopic (exact) mass is 548 g/mol. The second-order valence-electron chi connectivity index (χ2n) is 11.3. The third-order valence-corrected chi connectivity index (χ3v) is 9.55. The van der Waals surface area contributed by atoms with Gasteiger partial charge in [0, 0.05) is 28.8 Å². The van der Waals surface area contributed by atoms with Gasteiger partial charge in [-0.15, -0.1) is 0 Å². The first kappa shape index (κ1) is 25.0. The summed E-state index contributed by atoms with van der Waals surface area (Å²) in [6.07, 6.45) is 4.66. The van der Waals surface area contributed by atoms with Gasteiger partial charge in [-0.1, -0.05) is 24.3 Å². The number of pyridine rings is 1. The van der Waals surface area contributed by atoms with Crippen LogP contribution in [0.5, 0.6) is 5.75 Å². The molecule has 5 aromatic rings. The van der Waals surface area contributed by atoms with E-state index in [4.69, 9.17) is 14.1 Å². The van der Waals surface area contributed by atoms with Gasteiger partial charge in [0.05, 0.1) is 27.0 Å². The Kier molecular flexibility index (Phi) is 5.98. The SMILES string of the molecule is Cc1ccc(O[C@@H]([SiH3])[C@@H]2CCN2C)cc1C(=O)NC1(c2cc(-c3nc4ccccc4o3)cc3ncccc23)CC1. The molecule has 1 amide bonds. The Bertz CT molecular complexity index is 1730. The quantitative estimate of drug-likeness (QED) is 0.301. The first-order valence-corrected chi connectivity index (χ1v) is 15.1. The van der Waals surface area contributed by atoms with Gasteiger partial charge in [0.1, 0.15) is 11.3 Å². The number of carbonyl (C=O) groups is 1. The summed E-state index contributed by atoms with van der Waals surface area (Å²) >= 11 is 0. The molecule has 2 fully saturated rings. The van der Waals surface area contributed by atoms with E-state index in [9.17, 15) is 4.79 Å². The fraction of sp³-hybridized carbons (Fsp3) is 0.281. The summed E-state index contributed by atoms with van der Waals surface area (Å²) in [6.45, 7) is 3.09. The van der Waals surface area contributed by atoms with Crippen molar-refractivity contribution < 1.29 is 13.9 Å². The minimum atomic E-state index is -0.474. The standard InChI is InChI=1S/C32H32N4O3Si/c1-19-9-10-21(38-31(40)27-11-15-36(27)2)18-23(19)29(37)35-32(12-13-32)24-16-20(17-26-22(24)6-5-14-33-26)30-34-25-7-3-4-8-28(25)39-30/h3-10,14,16-18,27,31H,11-13,15H2,1-2,40H3,(H,35,37)/t27-,31-/m0/s1. The molecule has 1 aliphatic carbocycles. The van der Waals surface area contributed by atoms with E-state index in [1.807, 2.05) is 61.5 Å². The Hall–Kier alpha value is -4.01. The number of carbonyl (C=O) groups excluding carboxylic acids is 1. The van der Waals surface area contributed by atoms with Crippen molar-refractivity contribution in [2.45, 2.75) is 43.5 Å². The van der Waals surface area contributed by atoms with E-state index in [1.165, 1.54) is 0 Å². The number of amides is 1. The van der Waals surface area contributed by atoms with Crippen molar-refractivity contribution in [3.05, 3.63) is 89.6 Å². The van der Waals surface area contributed by atoms with Crippen molar-refractivity contribution in [3.63, 3.8) is 0 Å². The molecule has 1 saturated carbocycles. The molecule has 3 heterocycles. The lowest BCUT2D eigenvalue weighted by molar-refractivity contribution is 0.0562. The highest BCUT2D eigenvalue weighted by Gasteiger charge is 2.47. The zero-order valence-corrected chi connectivity index (χ0v) is 25.0. The van der Waals surface area contributed by atoms with Crippen LogP contribution in [0.1, 0.15) is 40.7 Å². The van der Waals surface area contributed by atoms with E-state index in [0.717, 1.165) is 80.5 Å². The number of benzene rings is 3. The molecule has 40 heavy (non-hydrogen) atoms. The fourth-order valence-corrected chi connectivity index (χ4v) is 7.03.